The molecule has 0 atom stereocenters. The Kier molecular flexibility index (Phi) is 4.20. The predicted molar refractivity (Wildman–Crippen MR) is 49.5 cm³/mol. The van der Waals surface area contributed by atoms with E-state index < -0.39 is 52.6 Å². The maximum Gasteiger partial charge on any atom is 0.418 e. The van der Waals surface area contributed by atoms with Crippen LogP contribution in [0.3, 0.4) is 0 Å². The topological polar surface area (TPSA) is 23.9 Å². The minimum absolute atomic E-state index is 0.392. The van der Waals surface area contributed by atoms with E-state index in [1.165, 1.54) is 0 Å². The third-order valence-corrected chi connectivity index (χ3v) is 2.51. The van der Waals surface area contributed by atoms with Gasteiger partial charge in [0.05, 0.1) is 27.9 Å². The number of alkyl halides is 12. The Morgan fingerprint density at radius 1 is 0.478 bits per heavy atom. The molecule has 0 aromatic carbocycles. The van der Waals surface area contributed by atoms with E-state index in [4.69, 9.17) is 5.41 Å². The van der Waals surface area contributed by atoms with Gasteiger partial charge in [-0.3, -0.25) is 5.41 Å². The summed E-state index contributed by atoms with van der Waals surface area (Å²) in [7, 11) is 0. The van der Waals surface area contributed by atoms with E-state index in [1.807, 2.05) is 0 Å². The zero-order valence-corrected chi connectivity index (χ0v) is 10.0. The molecule has 130 valence electrons. The number of hydrogen-bond donors (Lipinski definition) is 1. The average molecular weight is 363 g/mol. The van der Waals surface area contributed by atoms with Gasteiger partial charge in [-0.25, -0.2) is 0 Å². The highest BCUT2D eigenvalue weighted by molar-refractivity contribution is 5.81. The van der Waals surface area contributed by atoms with Crippen molar-refractivity contribution in [1.29, 1.82) is 5.41 Å². The molecule has 1 N–H and O–H groups in total. The van der Waals surface area contributed by atoms with Crippen molar-refractivity contribution in [3.63, 3.8) is 0 Å². The summed E-state index contributed by atoms with van der Waals surface area (Å²) >= 11 is 0. The SMILES string of the molecule is N=C=C1C(C(F)(F)F)=C(C(F)(F)F)C(C(F)(F)F)=C1C(F)(F)F. The first kappa shape index (κ1) is 19.1. The van der Waals surface area contributed by atoms with Crippen LogP contribution in [0.2, 0.25) is 0 Å². The summed E-state index contributed by atoms with van der Waals surface area (Å²) in [4.78, 5) is 0. The van der Waals surface area contributed by atoms with Gasteiger partial charge in [0.2, 0.25) is 0 Å². The molecular formula is C10HF12N. The molecule has 1 aliphatic rings. The van der Waals surface area contributed by atoms with Crippen LogP contribution in [-0.4, -0.2) is 30.6 Å². The fourth-order valence-corrected chi connectivity index (χ4v) is 1.88. The fraction of sp³-hybridized carbons (Fsp3) is 0.400. The molecule has 1 aliphatic carbocycles. The van der Waals surface area contributed by atoms with Crippen molar-refractivity contribution in [2.24, 2.45) is 0 Å². The standard InChI is InChI=1S/C10HF12N/c11-7(12,13)3-2(1-23)4(8(14,15)16)6(10(20,21)22)5(3)9(17,18)19/h23H. The van der Waals surface area contributed by atoms with Crippen LogP contribution < -0.4 is 0 Å². The van der Waals surface area contributed by atoms with Gasteiger partial charge in [0.1, 0.15) is 0 Å². The molecular weight excluding hydrogens is 362 g/mol. The van der Waals surface area contributed by atoms with Gasteiger partial charge < -0.3 is 0 Å². The van der Waals surface area contributed by atoms with Crippen LogP contribution in [0.5, 0.6) is 0 Å². The van der Waals surface area contributed by atoms with Crippen molar-refractivity contribution in [3.8, 4) is 0 Å². The van der Waals surface area contributed by atoms with E-state index in [0.717, 1.165) is 0 Å². The van der Waals surface area contributed by atoms with E-state index in [9.17, 15) is 52.7 Å². The van der Waals surface area contributed by atoms with Gasteiger partial charge >= 0.3 is 24.7 Å². The molecule has 23 heavy (non-hydrogen) atoms. The number of rotatable bonds is 0. The van der Waals surface area contributed by atoms with Gasteiger partial charge in [0.25, 0.3) is 0 Å². The van der Waals surface area contributed by atoms with Crippen molar-refractivity contribution in [2.45, 2.75) is 24.7 Å². The molecule has 0 aromatic rings. The minimum Gasteiger partial charge on any atom is -0.258 e. The maximum atomic E-state index is 12.6. The quantitative estimate of drug-likeness (QED) is 0.462. The second-order valence-electron chi connectivity index (χ2n) is 3.99. The van der Waals surface area contributed by atoms with E-state index in [0.29, 0.717) is 5.87 Å². The highest BCUT2D eigenvalue weighted by Gasteiger charge is 2.63. The Hall–Kier alpha value is -1.91. The lowest BCUT2D eigenvalue weighted by Gasteiger charge is -2.18. The molecule has 0 saturated heterocycles. The van der Waals surface area contributed by atoms with E-state index in [-0.39, 0.29) is 0 Å². The Morgan fingerprint density at radius 2 is 0.696 bits per heavy atom. The summed E-state index contributed by atoms with van der Waals surface area (Å²) in [5.74, 6) is 0.392. The summed E-state index contributed by atoms with van der Waals surface area (Å²) in [6.07, 6.45) is -25.2. The molecule has 0 unspecified atom stereocenters. The van der Waals surface area contributed by atoms with Gasteiger partial charge in [-0.05, 0) is 5.87 Å². The summed E-state index contributed by atoms with van der Waals surface area (Å²) in [5.41, 5.74) is -16.2. The summed E-state index contributed by atoms with van der Waals surface area (Å²) < 4.78 is 152. The van der Waals surface area contributed by atoms with Crippen molar-refractivity contribution < 1.29 is 52.7 Å². The molecule has 0 amide bonds. The Labute approximate surface area is 118 Å². The molecule has 13 heteroatoms. The number of allylic oxidation sites excluding steroid dienone is 5. The molecule has 0 saturated carbocycles. The monoisotopic (exact) mass is 363 g/mol. The van der Waals surface area contributed by atoms with Crippen LogP contribution in [0.25, 0.3) is 0 Å². The van der Waals surface area contributed by atoms with Gasteiger partial charge in [0.15, 0.2) is 0 Å². The lowest BCUT2D eigenvalue weighted by Crippen LogP contribution is -2.27. The molecule has 0 spiro atoms. The smallest absolute Gasteiger partial charge is 0.258 e. The van der Waals surface area contributed by atoms with Crippen LogP contribution in [0.4, 0.5) is 52.7 Å². The number of nitrogens with one attached hydrogen (secondary N) is 1. The second-order valence-corrected chi connectivity index (χ2v) is 3.99. The first-order valence-electron chi connectivity index (χ1n) is 5.02. The first-order chi connectivity index (χ1) is 9.94. The zero-order chi connectivity index (χ0) is 18.6. The summed E-state index contributed by atoms with van der Waals surface area (Å²) in [6.45, 7) is 0. The van der Waals surface area contributed by atoms with Crippen molar-refractivity contribution in [3.05, 3.63) is 27.9 Å². The molecule has 0 aromatic heterocycles. The van der Waals surface area contributed by atoms with Crippen LogP contribution in [0.1, 0.15) is 0 Å². The lowest BCUT2D eigenvalue weighted by atomic mass is 10.0. The van der Waals surface area contributed by atoms with Crippen molar-refractivity contribution in [1.82, 2.24) is 0 Å². The molecule has 0 aliphatic heterocycles. The molecule has 1 nitrogen and oxygen atoms in total. The van der Waals surface area contributed by atoms with Crippen molar-refractivity contribution in [2.75, 3.05) is 0 Å². The third kappa shape index (κ3) is 3.38. The highest BCUT2D eigenvalue weighted by Crippen LogP contribution is 2.57. The average Bonchev–Trinajstić information content (AvgIpc) is 2.61. The predicted octanol–water partition coefficient (Wildman–Crippen LogP) is 5.02. The van der Waals surface area contributed by atoms with Gasteiger partial charge in [0, 0.05) is 0 Å². The van der Waals surface area contributed by atoms with Crippen LogP contribution >= 0.6 is 0 Å². The maximum absolute atomic E-state index is 12.6. The Bertz CT molecular complexity index is 577. The van der Waals surface area contributed by atoms with E-state index >= 15 is 0 Å². The van der Waals surface area contributed by atoms with Gasteiger partial charge in [-0.15, -0.1) is 0 Å². The van der Waals surface area contributed by atoms with Crippen LogP contribution in [0, 0.1) is 5.41 Å². The second kappa shape index (κ2) is 5.05. The van der Waals surface area contributed by atoms with Gasteiger partial charge in [-0.2, -0.15) is 52.7 Å². The summed E-state index contributed by atoms with van der Waals surface area (Å²) in [6, 6.07) is 0. The minimum atomic E-state index is -6.40. The van der Waals surface area contributed by atoms with E-state index in [1.54, 1.807) is 0 Å². The van der Waals surface area contributed by atoms with Gasteiger partial charge in [-0.1, -0.05) is 0 Å². The largest absolute Gasteiger partial charge is 0.418 e. The zero-order valence-electron chi connectivity index (χ0n) is 10.0. The third-order valence-electron chi connectivity index (χ3n) is 2.51. The molecule has 1 rings (SSSR count). The summed E-state index contributed by atoms with van der Waals surface area (Å²) in [5, 5.41) is 6.32. The lowest BCUT2D eigenvalue weighted by molar-refractivity contribution is -0.130. The molecule has 0 radical (unpaired) electrons. The van der Waals surface area contributed by atoms with Crippen molar-refractivity contribution >= 4 is 5.87 Å². The number of hydrogen-bond acceptors (Lipinski definition) is 1. The van der Waals surface area contributed by atoms with Crippen LogP contribution in [-0.2, 0) is 0 Å². The highest BCUT2D eigenvalue weighted by atomic mass is 19.4. The first-order valence-corrected chi connectivity index (χ1v) is 5.02. The Balaban J connectivity index is 4.10. The fourth-order valence-electron chi connectivity index (χ4n) is 1.88. The normalized spacial score (nSPS) is 18.0. The Morgan fingerprint density at radius 3 is 0.826 bits per heavy atom. The number of halogens is 12. The van der Waals surface area contributed by atoms with E-state index in [2.05, 4.69) is 0 Å². The molecule has 0 heterocycles. The molecule has 0 bridgehead atoms. The van der Waals surface area contributed by atoms with Crippen LogP contribution in [0.15, 0.2) is 27.9 Å². The molecule has 0 fully saturated rings.